The molecule has 0 saturated carbocycles. The summed E-state index contributed by atoms with van der Waals surface area (Å²) in [6, 6.07) is 3.06. The molecule has 0 bridgehead atoms. The summed E-state index contributed by atoms with van der Waals surface area (Å²) >= 11 is 3.11. The molecule has 1 aliphatic rings. The Morgan fingerprint density at radius 3 is 2.84 bits per heavy atom. The second-order valence-corrected chi connectivity index (χ2v) is 5.87. The average molecular weight is 333 g/mol. The van der Waals surface area contributed by atoms with Gasteiger partial charge in [-0.2, -0.15) is 0 Å². The van der Waals surface area contributed by atoms with Crippen molar-refractivity contribution in [2.45, 2.75) is 38.3 Å². The van der Waals surface area contributed by atoms with E-state index in [-0.39, 0.29) is 5.56 Å². The van der Waals surface area contributed by atoms with Gasteiger partial charge in [-0.05, 0) is 60.4 Å². The van der Waals surface area contributed by atoms with Crippen molar-refractivity contribution in [1.82, 2.24) is 4.90 Å². The normalized spacial score (nSPS) is 20.7. The van der Waals surface area contributed by atoms with E-state index < -0.39 is 11.6 Å². The van der Waals surface area contributed by atoms with Crippen molar-refractivity contribution in [3.63, 3.8) is 0 Å². The number of nitrogens with zero attached hydrogens (tertiary/aromatic N) is 1. The quantitative estimate of drug-likeness (QED) is 0.856. The second kappa shape index (κ2) is 6.77. The Kier molecular flexibility index (Phi) is 5.30. The number of hydrogen-bond acceptors (Lipinski definition) is 2. The van der Waals surface area contributed by atoms with E-state index in [0.29, 0.717) is 23.6 Å². The van der Waals surface area contributed by atoms with E-state index in [4.69, 9.17) is 5.73 Å². The monoisotopic (exact) mass is 332 g/mol. The van der Waals surface area contributed by atoms with Crippen LogP contribution in [0.15, 0.2) is 16.6 Å². The van der Waals surface area contributed by atoms with E-state index in [1.165, 1.54) is 18.6 Å². The lowest BCUT2D eigenvalue weighted by atomic mass is 9.98. The molecule has 1 unspecified atom stereocenters. The minimum absolute atomic E-state index is 0.151. The fourth-order valence-corrected chi connectivity index (χ4v) is 3.08. The van der Waals surface area contributed by atoms with E-state index in [1.54, 1.807) is 0 Å². The van der Waals surface area contributed by atoms with Crippen LogP contribution in [-0.4, -0.2) is 24.0 Å². The Morgan fingerprint density at radius 1 is 1.32 bits per heavy atom. The van der Waals surface area contributed by atoms with Gasteiger partial charge in [0, 0.05) is 18.2 Å². The van der Waals surface area contributed by atoms with Gasteiger partial charge in [-0.3, -0.25) is 4.90 Å². The van der Waals surface area contributed by atoms with Gasteiger partial charge in [0.1, 0.15) is 11.6 Å². The molecule has 0 radical (unpaired) electrons. The third kappa shape index (κ3) is 3.52. The lowest BCUT2D eigenvalue weighted by Crippen LogP contribution is -2.40. The average Bonchev–Trinajstić information content (AvgIpc) is 2.41. The molecule has 0 spiro atoms. The van der Waals surface area contributed by atoms with Crippen molar-refractivity contribution in [2.75, 3.05) is 13.1 Å². The standard InChI is InChI=1S/C14H19BrF2N2/c15-12-4-5-13(16)11(14(12)17)9-19-8-2-1-3-10(19)6-7-18/h4-5,10H,1-3,6-9,18H2. The number of benzene rings is 1. The van der Waals surface area contributed by atoms with Crippen LogP contribution in [0.1, 0.15) is 31.2 Å². The van der Waals surface area contributed by atoms with E-state index in [9.17, 15) is 8.78 Å². The van der Waals surface area contributed by atoms with Gasteiger partial charge in [-0.15, -0.1) is 0 Å². The molecule has 0 aromatic heterocycles. The Balaban J connectivity index is 2.17. The fourth-order valence-electron chi connectivity index (χ4n) is 2.70. The highest BCUT2D eigenvalue weighted by molar-refractivity contribution is 9.10. The van der Waals surface area contributed by atoms with Crippen LogP contribution < -0.4 is 5.73 Å². The summed E-state index contributed by atoms with van der Waals surface area (Å²) in [5.74, 6) is -0.963. The van der Waals surface area contributed by atoms with Gasteiger partial charge in [0.25, 0.3) is 0 Å². The topological polar surface area (TPSA) is 29.3 Å². The van der Waals surface area contributed by atoms with Crippen LogP contribution in [0, 0.1) is 11.6 Å². The van der Waals surface area contributed by atoms with Crippen LogP contribution in [0.5, 0.6) is 0 Å². The minimum Gasteiger partial charge on any atom is -0.330 e. The molecule has 0 aliphatic carbocycles. The highest BCUT2D eigenvalue weighted by Crippen LogP contribution is 2.26. The summed E-state index contributed by atoms with van der Waals surface area (Å²) in [5.41, 5.74) is 5.77. The first kappa shape index (κ1) is 14.9. The Bertz CT molecular complexity index is 438. The molecule has 106 valence electrons. The lowest BCUT2D eigenvalue weighted by Gasteiger charge is -2.35. The maximum Gasteiger partial charge on any atom is 0.144 e. The van der Waals surface area contributed by atoms with Crippen LogP contribution in [0.4, 0.5) is 8.78 Å². The number of rotatable bonds is 4. The van der Waals surface area contributed by atoms with Crippen molar-refractivity contribution in [3.8, 4) is 0 Å². The van der Waals surface area contributed by atoms with Crippen molar-refractivity contribution in [3.05, 3.63) is 33.8 Å². The van der Waals surface area contributed by atoms with Gasteiger partial charge in [0.2, 0.25) is 0 Å². The molecule has 1 aromatic rings. The molecule has 1 saturated heterocycles. The second-order valence-electron chi connectivity index (χ2n) is 5.02. The molecule has 1 fully saturated rings. The number of piperidine rings is 1. The molecule has 2 rings (SSSR count). The van der Waals surface area contributed by atoms with E-state index >= 15 is 0 Å². The van der Waals surface area contributed by atoms with E-state index in [2.05, 4.69) is 20.8 Å². The Labute approximate surface area is 121 Å². The van der Waals surface area contributed by atoms with Gasteiger partial charge >= 0.3 is 0 Å². The largest absolute Gasteiger partial charge is 0.330 e. The summed E-state index contributed by atoms with van der Waals surface area (Å²) in [6.07, 6.45) is 4.20. The molecule has 19 heavy (non-hydrogen) atoms. The van der Waals surface area contributed by atoms with Crippen molar-refractivity contribution >= 4 is 15.9 Å². The molecule has 1 atom stereocenters. The molecular formula is C14H19BrF2N2. The van der Waals surface area contributed by atoms with Gasteiger partial charge in [0.15, 0.2) is 0 Å². The SMILES string of the molecule is NCCC1CCCCN1Cc1c(F)ccc(Br)c1F. The van der Waals surface area contributed by atoms with E-state index in [1.807, 2.05) is 0 Å². The van der Waals surface area contributed by atoms with Crippen molar-refractivity contribution in [2.24, 2.45) is 5.73 Å². The summed E-state index contributed by atoms with van der Waals surface area (Å²) in [7, 11) is 0. The summed E-state index contributed by atoms with van der Waals surface area (Å²) in [6.45, 7) is 1.82. The summed E-state index contributed by atoms with van der Waals surface area (Å²) in [5, 5.41) is 0. The first-order valence-electron chi connectivity index (χ1n) is 6.70. The molecule has 1 aliphatic heterocycles. The first-order chi connectivity index (χ1) is 9.13. The smallest absolute Gasteiger partial charge is 0.144 e. The highest BCUT2D eigenvalue weighted by Gasteiger charge is 2.24. The van der Waals surface area contributed by atoms with Crippen molar-refractivity contribution < 1.29 is 8.78 Å². The van der Waals surface area contributed by atoms with Gasteiger partial charge in [-0.25, -0.2) is 8.78 Å². The van der Waals surface area contributed by atoms with Gasteiger partial charge in [-0.1, -0.05) is 6.42 Å². The first-order valence-corrected chi connectivity index (χ1v) is 7.49. The molecule has 0 amide bonds. The summed E-state index contributed by atoms with van der Waals surface area (Å²) in [4.78, 5) is 2.16. The molecule has 5 heteroatoms. The van der Waals surface area contributed by atoms with Gasteiger partial charge in [0.05, 0.1) is 4.47 Å². The zero-order valence-electron chi connectivity index (χ0n) is 10.8. The zero-order chi connectivity index (χ0) is 13.8. The number of likely N-dealkylation sites (tertiary alicyclic amines) is 1. The zero-order valence-corrected chi connectivity index (χ0v) is 12.4. The Morgan fingerprint density at radius 2 is 2.11 bits per heavy atom. The van der Waals surface area contributed by atoms with E-state index in [0.717, 1.165) is 25.8 Å². The molecule has 2 N–H and O–H groups in total. The minimum atomic E-state index is -0.489. The van der Waals surface area contributed by atoms with Crippen LogP contribution >= 0.6 is 15.9 Å². The van der Waals surface area contributed by atoms with Gasteiger partial charge < -0.3 is 5.73 Å². The summed E-state index contributed by atoms with van der Waals surface area (Å²) < 4.78 is 28.1. The van der Waals surface area contributed by atoms with Crippen LogP contribution in [0.25, 0.3) is 0 Å². The third-order valence-electron chi connectivity index (χ3n) is 3.75. The maximum absolute atomic E-state index is 14.0. The predicted octanol–water partition coefficient (Wildman–Crippen LogP) is 3.43. The van der Waals surface area contributed by atoms with Crippen LogP contribution in [0.2, 0.25) is 0 Å². The molecular weight excluding hydrogens is 314 g/mol. The molecule has 1 heterocycles. The Hall–Kier alpha value is -0.520. The maximum atomic E-state index is 14.0. The number of hydrogen-bond donors (Lipinski definition) is 1. The highest BCUT2D eigenvalue weighted by atomic mass is 79.9. The fraction of sp³-hybridized carbons (Fsp3) is 0.571. The van der Waals surface area contributed by atoms with Crippen LogP contribution in [-0.2, 0) is 6.54 Å². The number of halogens is 3. The third-order valence-corrected chi connectivity index (χ3v) is 4.36. The predicted molar refractivity (Wildman–Crippen MR) is 75.8 cm³/mol. The molecule has 2 nitrogen and oxygen atoms in total. The van der Waals surface area contributed by atoms with Crippen molar-refractivity contribution in [1.29, 1.82) is 0 Å². The molecule has 1 aromatic carbocycles. The van der Waals surface area contributed by atoms with Crippen LogP contribution in [0.3, 0.4) is 0 Å². The number of nitrogens with two attached hydrogens (primary N) is 1. The lowest BCUT2D eigenvalue weighted by molar-refractivity contribution is 0.131.